The number of aromatic amines is 1. The Balaban J connectivity index is 1.14. The number of rotatable bonds is 9. The average Bonchev–Trinajstić information content (AvgIpc) is 3.63. The van der Waals surface area contributed by atoms with E-state index in [1.807, 2.05) is 54.6 Å². The number of carbonyl (C=O) groups is 3. The molecule has 1 aliphatic carbocycles. The first kappa shape index (κ1) is 27.7. The van der Waals surface area contributed by atoms with Crippen molar-refractivity contribution in [1.82, 2.24) is 15.2 Å². The van der Waals surface area contributed by atoms with Gasteiger partial charge in [0.05, 0.1) is 5.52 Å². The third-order valence-electron chi connectivity index (χ3n) is 7.33. The van der Waals surface area contributed by atoms with Gasteiger partial charge < -0.3 is 25.3 Å². The molecule has 0 bridgehead atoms. The van der Waals surface area contributed by atoms with E-state index < -0.39 is 24.2 Å². The van der Waals surface area contributed by atoms with Crippen LogP contribution in [-0.2, 0) is 22.4 Å². The number of anilines is 1. The SMILES string of the molecule is O=C(CN(CC(=O)NC1Cc2ccccc2C1)C(=O)c1cc2cccc(F)c2[nH]1)Nc1ccc(Oc2ccccc2)cc1. The summed E-state index contributed by atoms with van der Waals surface area (Å²) in [5.74, 6) is -0.693. The summed E-state index contributed by atoms with van der Waals surface area (Å²) < 4.78 is 20.1. The molecule has 1 aromatic heterocycles. The predicted octanol–water partition coefficient (Wildman–Crippen LogP) is 5.46. The van der Waals surface area contributed by atoms with E-state index in [4.69, 9.17) is 4.74 Å². The van der Waals surface area contributed by atoms with Crippen LogP contribution in [0.5, 0.6) is 11.5 Å². The molecule has 0 saturated carbocycles. The van der Waals surface area contributed by atoms with Crippen molar-refractivity contribution in [2.45, 2.75) is 18.9 Å². The van der Waals surface area contributed by atoms with Crippen LogP contribution in [0.4, 0.5) is 10.1 Å². The summed E-state index contributed by atoms with van der Waals surface area (Å²) in [5, 5.41) is 6.28. The molecule has 0 aliphatic heterocycles. The highest BCUT2D eigenvalue weighted by molar-refractivity contribution is 6.02. The largest absolute Gasteiger partial charge is 0.457 e. The summed E-state index contributed by atoms with van der Waals surface area (Å²) in [4.78, 5) is 43.8. The fourth-order valence-corrected chi connectivity index (χ4v) is 5.32. The van der Waals surface area contributed by atoms with E-state index in [1.54, 1.807) is 36.4 Å². The van der Waals surface area contributed by atoms with Gasteiger partial charge in [-0.25, -0.2) is 4.39 Å². The number of ether oxygens (including phenoxy) is 1. The first-order valence-electron chi connectivity index (χ1n) is 14.0. The Morgan fingerprint density at radius 3 is 2.14 bits per heavy atom. The summed E-state index contributed by atoms with van der Waals surface area (Å²) in [6.45, 7) is -0.738. The molecule has 216 valence electrons. The number of halogens is 1. The van der Waals surface area contributed by atoms with Gasteiger partial charge in [-0.15, -0.1) is 0 Å². The highest BCUT2D eigenvalue weighted by Crippen LogP contribution is 2.24. The molecule has 0 unspecified atom stereocenters. The number of benzene rings is 4. The first-order chi connectivity index (χ1) is 20.9. The number of aromatic nitrogens is 1. The van der Waals surface area contributed by atoms with Gasteiger partial charge in [-0.05, 0) is 72.5 Å². The van der Waals surface area contributed by atoms with Crippen molar-refractivity contribution < 1.29 is 23.5 Å². The zero-order chi connectivity index (χ0) is 29.8. The Labute approximate surface area is 247 Å². The van der Waals surface area contributed by atoms with Crippen LogP contribution in [0.1, 0.15) is 21.6 Å². The van der Waals surface area contributed by atoms with Crippen LogP contribution < -0.4 is 15.4 Å². The molecule has 9 heteroatoms. The fraction of sp³-hybridized carbons (Fsp3) is 0.147. The number of nitrogens with zero attached hydrogens (tertiary/aromatic N) is 1. The molecule has 3 amide bonds. The molecular weight excluding hydrogens is 547 g/mol. The molecule has 4 aromatic carbocycles. The number of para-hydroxylation sites is 2. The van der Waals surface area contributed by atoms with E-state index in [-0.39, 0.29) is 29.7 Å². The Morgan fingerprint density at radius 1 is 0.791 bits per heavy atom. The van der Waals surface area contributed by atoms with Gasteiger partial charge in [0, 0.05) is 17.1 Å². The molecule has 6 rings (SSSR count). The van der Waals surface area contributed by atoms with E-state index in [1.165, 1.54) is 23.3 Å². The third-order valence-corrected chi connectivity index (χ3v) is 7.33. The highest BCUT2D eigenvalue weighted by Gasteiger charge is 2.27. The Bertz CT molecular complexity index is 1760. The van der Waals surface area contributed by atoms with Gasteiger partial charge in [-0.1, -0.05) is 54.6 Å². The van der Waals surface area contributed by atoms with Crippen molar-refractivity contribution in [3.63, 3.8) is 0 Å². The van der Waals surface area contributed by atoms with Gasteiger partial charge >= 0.3 is 0 Å². The Morgan fingerprint density at radius 2 is 1.44 bits per heavy atom. The minimum Gasteiger partial charge on any atom is -0.457 e. The molecule has 0 atom stereocenters. The normalized spacial score (nSPS) is 12.5. The molecule has 8 nitrogen and oxygen atoms in total. The van der Waals surface area contributed by atoms with E-state index in [0.29, 0.717) is 35.4 Å². The van der Waals surface area contributed by atoms with Gasteiger partial charge in [-0.3, -0.25) is 14.4 Å². The van der Waals surface area contributed by atoms with Crippen molar-refractivity contribution in [2.75, 3.05) is 18.4 Å². The first-order valence-corrected chi connectivity index (χ1v) is 14.0. The molecule has 3 N–H and O–H groups in total. The van der Waals surface area contributed by atoms with Gasteiger partial charge in [-0.2, -0.15) is 0 Å². The third kappa shape index (κ3) is 6.56. The van der Waals surface area contributed by atoms with Crippen LogP contribution in [0, 0.1) is 5.82 Å². The Hall–Kier alpha value is -5.44. The molecule has 0 radical (unpaired) electrons. The standard InChI is InChI=1S/C34H29FN4O4/c35-29-12-6-9-24-19-30(38-33(24)29)34(42)39(21-32(41)37-26-17-22-7-4-5-8-23(22)18-26)20-31(40)36-25-13-15-28(16-14-25)43-27-10-2-1-3-11-27/h1-16,19,26,38H,17-18,20-21H2,(H,36,40)(H,37,41). The lowest BCUT2D eigenvalue weighted by Gasteiger charge is -2.22. The second-order valence-electron chi connectivity index (χ2n) is 10.5. The maximum absolute atomic E-state index is 14.3. The number of nitrogens with one attached hydrogen (secondary N) is 3. The second kappa shape index (κ2) is 12.2. The monoisotopic (exact) mass is 576 g/mol. The van der Waals surface area contributed by atoms with Crippen LogP contribution in [0.15, 0.2) is 103 Å². The molecule has 1 heterocycles. The molecule has 1 aliphatic rings. The number of H-pyrrole nitrogens is 1. The molecule has 5 aromatic rings. The van der Waals surface area contributed by atoms with Crippen LogP contribution in [0.2, 0.25) is 0 Å². The quantitative estimate of drug-likeness (QED) is 0.217. The fourth-order valence-electron chi connectivity index (χ4n) is 5.32. The van der Waals surface area contributed by atoms with Gasteiger partial charge in [0.25, 0.3) is 5.91 Å². The van der Waals surface area contributed by atoms with E-state index in [9.17, 15) is 18.8 Å². The van der Waals surface area contributed by atoms with E-state index in [0.717, 1.165) is 4.90 Å². The number of amides is 3. The summed E-state index contributed by atoms with van der Waals surface area (Å²) in [5.41, 5.74) is 3.12. The lowest BCUT2D eigenvalue weighted by Crippen LogP contribution is -2.47. The summed E-state index contributed by atoms with van der Waals surface area (Å²) in [7, 11) is 0. The van der Waals surface area contributed by atoms with E-state index in [2.05, 4.69) is 15.6 Å². The highest BCUT2D eigenvalue weighted by atomic mass is 19.1. The number of hydrogen-bond donors (Lipinski definition) is 3. The molecule has 0 saturated heterocycles. The lowest BCUT2D eigenvalue weighted by molar-refractivity contribution is -0.123. The van der Waals surface area contributed by atoms with Crippen LogP contribution >= 0.6 is 0 Å². The van der Waals surface area contributed by atoms with Crippen LogP contribution in [-0.4, -0.2) is 46.7 Å². The topological polar surface area (TPSA) is 104 Å². The number of carbonyl (C=O) groups excluding carboxylic acids is 3. The van der Waals surface area contributed by atoms with Gasteiger partial charge in [0.2, 0.25) is 11.8 Å². The number of fused-ring (bicyclic) bond motifs is 2. The number of hydrogen-bond acceptors (Lipinski definition) is 4. The minimum absolute atomic E-state index is 0.0800. The molecule has 0 fully saturated rings. The Kier molecular flexibility index (Phi) is 7.86. The van der Waals surface area contributed by atoms with E-state index >= 15 is 0 Å². The average molecular weight is 577 g/mol. The van der Waals surface area contributed by atoms with Gasteiger partial charge in [0.15, 0.2) is 0 Å². The van der Waals surface area contributed by atoms with Crippen molar-refractivity contribution >= 4 is 34.3 Å². The van der Waals surface area contributed by atoms with Crippen LogP contribution in [0.3, 0.4) is 0 Å². The predicted molar refractivity (Wildman–Crippen MR) is 162 cm³/mol. The van der Waals surface area contributed by atoms with Crippen molar-refractivity contribution in [3.05, 3.63) is 126 Å². The smallest absolute Gasteiger partial charge is 0.271 e. The lowest BCUT2D eigenvalue weighted by atomic mass is 10.1. The maximum atomic E-state index is 14.3. The zero-order valence-corrected chi connectivity index (χ0v) is 23.2. The summed E-state index contributed by atoms with van der Waals surface area (Å²) in [6, 6.07) is 30.1. The van der Waals surface area contributed by atoms with Gasteiger partial charge in [0.1, 0.15) is 36.1 Å². The van der Waals surface area contributed by atoms with Crippen molar-refractivity contribution in [3.8, 4) is 11.5 Å². The van der Waals surface area contributed by atoms with Crippen LogP contribution in [0.25, 0.3) is 10.9 Å². The molecule has 0 spiro atoms. The minimum atomic E-state index is -0.595. The summed E-state index contributed by atoms with van der Waals surface area (Å²) in [6.07, 6.45) is 1.39. The molecule has 43 heavy (non-hydrogen) atoms. The zero-order valence-electron chi connectivity index (χ0n) is 23.2. The van der Waals surface area contributed by atoms with Crippen molar-refractivity contribution in [2.24, 2.45) is 0 Å². The maximum Gasteiger partial charge on any atom is 0.271 e. The second-order valence-corrected chi connectivity index (χ2v) is 10.5. The molecular formula is C34H29FN4O4. The van der Waals surface area contributed by atoms with Crippen molar-refractivity contribution in [1.29, 1.82) is 0 Å². The summed E-state index contributed by atoms with van der Waals surface area (Å²) >= 11 is 0.